The molecule has 0 aromatic carbocycles. The number of carbonyl (C=O) groups is 1. The summed E-state index contributed by atoms with van der Waals surface area (Å²) >= 11 is 1.49. The third kappa shape index (κ3) is 2.34. The number of anilines is 1. The van der Waals surface area contributed by atoms with Crippen molar-refractivity contribution in [3.8, 4) is 0 Å². The molecule has 1 aliphatic heterocycles. The van der Waals surface area contributed by atoms with Crippen molar-refractivity contribution in [3.05, 3.63) is 34.4 Å². The van der Waals surface area contributed by atoms with Gasteiger partial charge in [-0.25, -0.2) is 4.98 Å². The van der Waals surface area contributed by atoms with Crippen molar-refractivity contribution in [2.24, 2.45) is 0 Å². The smallest absolute Gasteiger partial charge is 0.257 e. The Hall–Kier alpha value is -2.09. The molecular weight excluding hydrogens is 280 g/mol. The van der Waals surface area contributed by atoms with E-state index in [4.69, 9.17) is 0 Å². The van der Waals surface area contributed by atoms with Gasteiger partial charge in [0.05, 0.1) is 6.04 Å². The van der Waals surface area contributed by atoms with Crippen LogP contribution in [-0.4, -0.2) is 26.4 Å². The van der Waals surface area contributed by atoms with E-state index in [1.807, 2.05) is 0 Å². The van der Waals surface area contributed by atoms with Crippen LogP contribution in [0.4, 0.5) is 5.82 Å². The zero-order valence-corrected chi connectivity index (χ0v) is 11.5. The molecule has 7 nitrogen and oxygen atoms in total. The molecule has 0 fully saturated rings. The Balaban J connectivity index is 1.77. The highest BCUT2D eigenvalue weighted by Gasteiger charge is 2.27. The van der Waals surface area contributed by atoms with Crippen molar-refractivity contribution >= 4 is 23.5 Å². The van der Waals surface area contributed by atoms with Gasteiger partial charge in [-0.05, 0) is 6.92 Å². The number of hydrogen-bond acceptors (Lipinski definition) is 6. The van der Waals surface area contributed by atoms with Crippen LogP contribution in [0.25, 0.3) is 0 Å². The van der Waals surface area contributed by atoms with Crippen LogP contribution in [0.15, 0.2) is 33.0 Å². The first-order valence-corrected chi connectivity index (χ1v) is 7.05. The van der Waals surface area contributed by atoms with Gasteiger partial charge in [0.2, 0.25) is 5.91 Å². The molecule has 1 atom stereocenters. The number of amides is 1. The van der Waals surface area contributed by atoms with E-state index in [1.165, 1.54) is 18.0 Å². The lowest BCUT2D eigenvalue weighted by Gasteiger charge is -2.12. The number of fused-ring (bicyclic) bond motifs is 1. The Morgan fingerprint density at radius 1 is 1.65 bits per heavy atom. The van der Waals surface area contributed by atoms with Crippen molar-refractivity contribution in [1.82, 2.24) is 14.7 Å². The summed E-state index contributed by atoms with van der Waals surface area (Å²) in [6.07, 6.45) is 3.16. The fraction of sp³-hybridized carbons (Fsp3) is 0.333. The number of nitrogens with zero attached hydrogens (tertiary/aromatic N) is 3. The monoisotopic (exact) mass is 292 g/mol. The summed E-state index contributed by atoms with van der Waals surface area (Å²) in [5, 5.41) is 6.91. The zero-order chi connectivity index (χ0) is 14.1. The molecule has 1 unspecified atom stereocenters. The van der Waals surface area contributed by atoms with E-state index in [0.29, 0.717) is 22.3 Å². The number of rotatable bonds is 3. The number of nitrogens with one attached hydrogen (secondary N) is 1. The summed E-state index contributed by atoms with van der Waals surface area (Å²) in [5.74, 6) is 0.833. The van der Waals surface area contributed by atoms with Crippen LogP contribution in [0.5, 0.6) is 0 Å². The van der Waals surface area contributed by atoms with Gasteiger partial charge in [0.15, 0.2) is 11.0 Å². The molecule has 0 saturated heterocycles. The van der Waals surface area contributed by atoms with Crippen molar-refractivity contribution in [3.63, 3.8) is 0 Å². The molecule has 20 heavy (non-hydrogen) atoms. The van der Waals surface area contributed by atoms with Crippen LogP contribution in [0, 0.1) is 6.92 Å². The van der Waals surface area contributed by atoms with Gasteiger partial charge in [0, 0.05) is 30.0 Å². The topological polar surface area (TPSA) is 90.0 Å². The molecule has 2 aromatic rings. The predicted molar refractivity (Wildman–Crippen MR) is 72.7 cm³/mol. The zero-order valence-electron chi connectivity index (χ0n) is 10.7. The Morgan fingerprint density at radius 2 is 2.50 bits per heavy atom. The number of carbonyl (C=O) groups excluding carboxylic acids is 1. The normalized spacial score (nSPS) is 16.9. The molecule has 1 amide bonds. The van der Waals surface area contributed by atoms with Crippen molar-refractivity contribution in [2.75, 3.05) is 11.1 Å². The lowest BCUT2D eigenvalue weighted by Crippen LogP contribution is -2.28. The predicted octanol–water partition coefficient (Wildman–Crippen LogP) is 1.22. The van der Waals surface area contributed by atoms with Crippen LogP contribution in [0.1, 0.15) is 18.0 Å². The van der Waals surface area contributed by atoms with Crippen molar-refractivity contribution in [2.45, 2.75) is 24.5 Å². The first-order chi connectivity index (χ1) is 9.65. The SMILES string of the molecule is Cc1cnc2n(c1=O)C(CC(=O)Nc1ccon1)CS2. The quantitative estimate of drug-likeness (QED) is 0.855. The van der Waals surface area contributed by atoms with Gasteiger partial charge in [0.1, 0.15) is 6.26 Å². The molecule has 0 radical (unpaired) electrons. The van der Waals surface area contributed by atoms with E-state index in [0.717, 1.165) is 0 Å². The Kier molecular flexibility index (Phi) is 3.31. The van der Waals surface area contributed by atoms with E-state index < -0.39 is 0 Å². The minimum atomic E-state index is -0.203. The first kappa shape index (κ1) is 12.9. The van der Waals surface area contributed by atoms with E-state index in [2.05, 4.69) is 20.0 Å². The van der Waals surface area contributed by atoms with Gasteiger partial charge in [-0.2, -0.15) is 0 Å². The highest BCUT2D eigenvalue weighted by Crippen LogP contribution is 2.31. The molecule has 104 valence electrons. The van der Waals surface area contributed by atoms with Gasteiger partial charge in [-0.3, -0.25) is 14.2 Å². The third-order valence-electron chi connectivity index (χ3n) is 3.03. The Bertz CT molecular complexity index is 695. The lowest BCUT2D eigenvalue weighted by molar-refractivity contribution is -0.116. The van der Waals surface area contributed by atoms with Gasteiger partial charge < -0.3 is 9.84 Å². The molecule has 0 aliphatic carbocycles. The molecule has 1 N–H and O–H groups in total. The summed E-state index contributed by atoms with van der Waals surface area (Å²) in [7, 11) is 0. The average Bonchev–Trinajstić information content (AvgIpc) is 3.04. The van der Waals surface area contributed by atoms with Crippen molar-refractivity contribution < 1.29 is 9.32 Å². The highest BCUT2D eigenvalue weighted by molar-refractivity contribution is 7.99. The third-order valence-corrected chi connectivity index (χ3v) is 4.14. The minimum absolute atomic E-state index is 0.0840. The molecular formula is C12H12N4O3S. The Labute approximate surface area is 118 Å². The van der Waals surface area contributed by atoms with Crippen LogP contribution < -0.4 is 10.9 Å². The van der Waals surface area contributed by atoms with Gasteiger partial charge in [0.25, 0.3) is 5.56 Å². The summed E-state index contributed by atoms with van der Waals surface area (Å²) in [5.41, 5.74) is 0.498. The second kappa shape index (κ2) is 5.12. The number of aryl methyl sites for hydroxylation is 1. The highest BCUT2D eigenvalue weighted by atomic mass is 32.2. The maximum Gasteiger partial charge on any atom is 0.257 e. The van der Waals surface area contributed by atoms with E-state index in [1.54, 1.807) is 23.8 Å². The van der Waals surface area contributed by atoms with Gasteiger partial charge in [-0.15, -0.1) is 0 Å². The van der Waals surface area contributed by atoms with Crippen molar-refractivity contribution in [1.29, 1.82) is 0 Å². The number of hydrogen-bond donors (Lipinski definition) is 1. The number of aromatic nitrogens is 3. The average molecular weight is 292 g/mol. The van der Waals surface area contributed by atoms with Gasteiger partial charge >= 0.3 is 0 Å². The molecule has 3 rings (SSSR count). The van der Waals surface area contributed by atoms with E-state index in [9.17, 15) is 9.59 Å². The molecule has 2 aromatic heterocycles. The van der Waals surface area contributed by atoms with Crippen LogP contribution in [0.3, 0.4) is 0 Å². The molecule has 8 heteroatoms. The summed E-state index contributed by atoms with van der Waals surface area (Å²) < 4.78 is 6.24. The molecule has 1 aliphatic rings. The summed E-state index contributed by atoms with van der Waals surface area (Å²) in [6, 6.07) is 1.38. The minimum Gasteiger partial charge on any atom is -0.363 e. The molecule has 0 saturated carbocycles. The van der Waals surface area contributed by atoms with Crippen LogP contribution in [0.2, 0.25) is 0 Å². The first-order valence-electron chi connectivity index (χ1n) is 6.06. The fourth-order valence-corrected chi connectivity index (χ4v) is 3.16. The molecule has 0 spiro atoms. The Morgan fingerprint density at radius 3 is 3.25 bits per heavy atom. The maximum absolute atomic E-state index is 12.1. The number of thioether (sulfide) groups is 1. The molecule has 0 bridgehead atoms. The van der Waals surface area contributed by atoms with Crippen LogP contribution >= 0.6 is 11.8 Å². The largest absolute Gasteiger partial charge is 0.363 e. The standard InChI is InChI=1S/C12H12N4O3S/c1-7-5-13-12-16(11(7)18)8(6-20-12)4-10(17)14-9-2-3-19-15-9/h2-3,5,8H,4,6H2,1H3,(H,14,15,17). The van der Waals surface area contributed by atoms with Gasteiger partial charge in [-0.1, -0.05) is 16.9 Å². The lowest BCUT2D eigenvalue weighted by atomic mass is 10.2. The van der Waals surface area contributed by atoms with Crippen LogP contribution in [-0.2, 0) is 4.79 Å². The second-order valence-corrected chi connectivity index (χ2v) is 5.49. The van der Waals surface area contributed by atoms with E-state index >= 15 is 0 Å². The second-order valence-electron chi connectivity index (χ2n) is 4.50. The fourth-order valence-electron chi connectivity index (χ4n) is 2.06. The summed E-state index contributed by atoms with van der Waals surface area (Å²) in [6.45, 7) is 1.72. The summed E-state index contributed by atoms with van der Waals surface area (Å²) in [4.78, 5) is 28.3. The van der Waals surface area contributed by atoms with E-state index in [-0.39, 0.29) is 23.9 Å². The molecule has 3 heterocycles. The maximum atomic E-state index is 12.1.